The molecule has 280 valence electrons. The molecular formula is C56H46N2. The molecule has 0 N–H and O–H groups in total. The fourth-order valence-corrected chi connectivity index (χ4v) is 10.3. The molecule has 2 nitrogen and oxygen atoms in total. The summed E-state index contributed by atoms with van der Waals surface area (Å²) in [4.78, 5) is 0. The minimum Gasteiger partial charge on any atom is -0.305 e. The zero-order valence-electron chi connectivity index (χ0n) is 34.6. The number of aryl methyl sites for hydroxylation is 8. The van der Waals surface area contributed by atoms with E-state index in [1.165, 1.54) is 144 Å². The molecule has 0 aliphatic heterocycles. The first-order valence-electron chi connectivity index (χ1n) is 20.6. The van der Waals surface area contributed by atoms with Gasteiger partial charge in [-0.15, -0.1) is 0 Å². The molecule has 0 fully saturated rings. The van der Waals surface area contributed by atoms with E-state index < -0.39 is 0 Å². The van der Waals surface area contributed by atoms with E-state index in [9.17, 15) is 0 Å². The molecule has 0 aliphatic rings. The lowest BCUT2D eigenvalue weighted by atomic mass is 9.94. The third-order valence-electron chi connectivity index (χ3n) is 12.7. The van der Waals surface area contributed by atoms with Crippen LogP contribution in [0.2, 0.25) is 0 Å². The Labute approximate surface area is 340 Å². The van der Waals surface area contributed by atoms with Crippen molar-refractivity contribution in [2.24, 2.45) is 0 Å². The van der Waals surface area contributed by atoms with Crippen molar-refractivity contribution in [2.75, 3.05) is 0 Å². The van der Waals surface area contributed by atoms with Crippen LogP contribution in [0.1, 0.15) is 44.5 Å². The number of rotatable bonds is 4. The summed E-state index contributed by atoms with van der Waals surface area (Å²) in [6.45, 7) is 17.7. The summed E-state index contributed by atoms with van der Waals surface area (Å²) in [6, 6.07) is 51.5. The van der Waals surface area contributed by atoms with Crippen LogP contribution in [-0.4, -0.2) is 8.80 Å². The summed E-state index contributed by atoms with van der Waals surface area (Å²) in [7, 11) is 0. The van der Waals surface area contributed by atoms with Crippen LogP contribution >= 0.6 is 0 Å². The topological polar surface area (TPSA) is 8.82 Å². The van der Waals surface area contributed by atoms with Crippen LogP contribution in [-0.2, 0) is 0 Å². The molecule has 3 aromatic heterocycles. The molecule has 0 unspecified atom stereocenters. The molecule has 0 bridgehead atoms. The van der Waals surface area contributed by atoms with Gasteiger partial charge in [0.05, 0.1) is 33.1 Å². The van der Waals surface area contributed by atoms with Crippen LogP contribution in [0, 0.1) is 55.4 Å². The van der Waals surface area contributed by atoms with Crippen LogP contribution in [0.15, 0.2) is 133 Å². The SMILES string of the molecule is Cc1cc(C)cc(-c2ccc3c4c2c2cc(-c5cc(C)ccc5C)ccc2n4c2ccc(-c4cc(C)cc(C)c4)c4c5cc(-c6cc(C)ccc6C)ccc5n3c42)c1. The van der Waals surface area contributed by atoms with Crippen LogP contribution in [0.25, 0.3) is 99.2 Å². The number of hydrogen-bond donors (Lipinski definition) is 0. The number of nitrogens with zero attached hydrogens (tertiary/aromatic N) is 2. The van der Waals surface area contributed by atoms with Crippen molar-refractivity contribution in [3.8, 4) is 44.5 Å². The quantitative estimate of drug-likeness (QED) is 0.159. The Morgan fingerprint density at radius 2 is 0.655 bits per heavy atom. The second-order valence-electron chi connectivity index (χ2n) is 17.2. The van der Waals surface area contributed by atoms with Gasteiger partial charge in [0.15, 0.2) is 0 Å². The van der Waals surface area contributed by atoms with Crippen molar-refractivity contribution in [3.05, 3.63) is 178 Å². The van der Waals surface area contributed by atoms with Crippen molar-refractivity contribution >= 4 is 54.6 Å². The fraction of sp³-hybridized carbons (Fsp3) is 0.143. The summed E-state index contributed by atoms with van der Waals surface area (Å²) in [5.74, 6) is 0. The fourth-order valence-electron chi connectivity index (χ4n) is 10.3. The molecule has 11 rings (SSSR count). The Hall–Kier alpha value is -6.64. The average Bonchev–Trinajstić information content (AvgIpc) is 3.72. The van der Waals surface area contributed by atoms with E-state index in [1.807, 2.05) is 0 Å². The molecule has 0 saturated carbocycles. The second-order valence-corrected chi connectivity index (χ2v) is 17.2. The van der Waals surface area contributed by atoms with Gasteiger partial charge >= 0.3 is 0 Å². The third-order valence-corrected chi connectivity index (χ3v) is 12.7. The zero-order chi connectivity index (χ0) is 39.7. The number of benzene rings is 8. The van der Waals surface area contributed by atoms with Crippen LogP contribution < -0.4 is 0 Å². The van der Waals surface area contributed by atoms with Crippen molar-refractivity contribution in [1.82, 2.24) is 8.80 Å². The predicted molar refractivity (Wildman–Crippen MR) is 249 cm³/mol. The van der Waals surface area contributed by atoms with Crippen molar-refractivity contribution in [2.45, 2.75) is 55.4 Å². The van der Waals surface area contributed by atoms with Gasteiger partial charge in [-0.2, -0.15) is 0 Å². The minimum absolute atomic E-state index is 1.22. The van der Waals surface area contributed by atoms with Crippen molar-refractivity contribution < 1.29 is 0 Å². The van der Waals surface area contributed by atoms with E-state index in [2.05, 4.69) is 198 Å². The summed E-state index contributed by atoms with van der Waals surface area (Å²) in [6.07, 6.45) is 0. The second kappa shape index (κ2) is 12.4. The van der Waals surface area contributed by atoms with E-state index in [4.69, 9.17) is 0 Å². The Kier molecular flexibility index (Phi) is 7.41. The molecule has 0 atom stereocenters. The molecule has 58 heavy (non-hydrogen) atoms. The molecule has 0 amide bonds. The largest absolute Gasteiger partial charge is 0.305 e. The first kappa shape index (κ1) is 34.6. The maximum Gasteiger partial charge on any atom is 0.0789 e. The van der Waals surface area contributed by atoms with Crippen LogP contribution in [0.5, 0.6) is 0 Å². The van der Waals surface area contributed by atoms with Crippen molar-refractivity contribution in [1.29, 1.82) is 0 Å². The minimum atomic E-state index is 1.22. The highest BCUT2D eigenvalue weighted by atomic mass is 15.0. The average molecular weight is 747 g/mol. The Morgan fingerprint density at radius 3 is 1.05 bits per heavy atom. The van der Waals surface area contributed by atoms with Gasteiger partial charge in [-0.1, -0.05) is 130 Å². The summed E-state index contributed by atoms with van der Waals surface area (Å²) >= 11 is 0. The highest BCUT2D eigenvalue weighted by Gasteiger charge is 2.26. The lowest BCUT2D eigenvalue weighted by Gasteiger charge is -2.15. The molecule has 8 aromatic carbocycles. The van der Waals surface area contributed by atoms with E-state index >= 15 is 0 Å². The van der Waals surface area contributed by atoms with E-state index in [0.717, 1.165) is 0 Å². The number of aromatic nitrogens is 2. The molecule has 0 saturated heterocycles. The molecule has 0 aliphatic carbocycles. The van der Waals surface area contributed by atoms with Gasteiger partial charge in [0.1, 0.15) is 0 Å². The third kappa shape index (κ3) is 5.04. The monoisotopic (exact) mass is 746 g/mol. The zero-order valence-corrected chi connectivity index (χ0v) is 34.6. The summed E-state index contributed by atoms with van der Waals surface area (Å²) in [5.41, 5.74) is 27.8. The summed E-state index contributed by atoms with van der Waals surface area (Å²) < 4.78 is 5.16. The first-order valence-corrected chi connectivity index (χ1v) is 20.6. The Balaban J connectivity index is 1.35. The van der Waals surface area contributed by atoms with Crippen molar-refractivity contribution in [3.63, 3.8) is 0 Å². The van der Waals surface area contributed by atoms with Gasteiger partial charge in [-0.25, -0.2) is 0 Å². The summed E-state index contributed by atoms with van der Waals surface area (Å²) in [5, 5.41) is 5.16. The lowest BCUT2D eigenvalue weighted by Crippen LogP contribution is -1.98. The molecule has 3 heterocycles. The molecule has 11 aromatic rings. The number of fused-ring (bicyclic) bond motifs is 8. The van der Waals surface area contributed by atoms with Crippen LogP contribution in [0.4, 0.5) is 0 Å². The van der Waals surface area contributed by atoms with Crippen LogP contribution in [0.3, 0.4) is 0 Å². The number of hydrogen-bond acceptors (Lipinski definition) is 0. The van der Waals surface area contributed by atoms with E-state index in [-0.39, 0.29) is 0 Å². The Morgan fingerprint density at radius 1 is 0.276 bits per heavy atom. The highest BCUT2D eigenvalue weighted by Crippen LogP contribution is 2.48. The molecular weight excluding hydrogens is 701 g/mol. The maximum atomic E-state index is 2.58. The lowest BCUT2D eigenvalue weighted by molar-refractivity contribution is 1.26. The standard InChI is InChI=1S/C56H46N2/c1-31-9-11-37(7)45(27-31)39-13-17-49-47(29-39)53-43(41-23-33(3)21-34(4)24-41)15-19-51-55(53)57(49)52-20-16-44(42-25-35(5)22-36(6)26-42)54-48-30-40(14-18-50(48)58(51)56(52)54)46-28-32(2)10-12-38(46)8/h9-30H,1-8H3. The molecule has 2 heteroatoms. The first-order chi connectivity index (χ1) is 28.0. The maximum absolute atomic E-state index is 2.58. The molecule has 0 radical (unpaired) electrons. The van der Waals surface area contributed by atoms with E-state index in [0.29, 0.717) is 0 Å². The van der Waals surface area contributed by atoms with Gasteiger partial charge < -0.3 is 8.80 Å². The van der Waals surface area contributed by atoms with Gasteiger partial charge in [0.25, 0.3) is 0 Å². The smallest absolute Gasteiger partial charge is 0.0789 e. The normalized spacial score (nSPS) is 12.1. The predicted octanol–water partition coefficient (Wildman–Crippen LogP) is 15.4. The van der Waals surface area contributed by atoms with E-state index in [1.54, 1.807) is 0 Å². The Bertz CT molecular complexity index is 3250. The van der Waals surface area contributed by atoms with Gasteiger partial charge in [0, 0.05) is 21.5 Å². The highest BCUT2D eigenvalue weighted by molar-refractivity contribution is 6.27. The van der Waals surface area contributed by atoms with Gasteiger partial charge in [-0.3, -0.25) is 0 Å². The molecule has 0 spiro atoms. The van der Waals surface area contributed by atoms with Gasteiger partial charge in [0.2, 0.25) is 0 Å². The van der Waals surface area contributed by atoms with Gasteiger partial charge in [-0.05, 0) is 147 Å².